The maximum atomic E-state index is 12.2. The molecule has 1 aromatic carbocycles. The largest absolute Gasteiger partial charge is 0.377 e. The van der Waals surface area contributed by atoms with E-state index in [1.54, 1.807) is 7.05 Å². The van der Waals surface area contributed by atoms with Crippen LogP contribution in [0.15, 0.2) is 35.3 Å². The van der Waals surface area contributed by atoms with E-state index < -0.39 is 10.0 Å². The lowest BCUT2D eigenvalue weighted by atomic mass is 9.99. The van der Waals surface area contributed by atoms with Crippen LogP contribution in [0.1, 0.15) is 37.2 Å². The van der Waals surface area contributed by atoms with E-state index in [2.05, 4.69) is 44.2 Å². The van der Waals surface area contributed by atoms with Gasteiger partial charge in [-0.25, -0.2) is 13.1 Å². The topological polar surface area (TPSA) is 83.0 Å². The second kappa shape index (κ2) is 10.2. The van der Waals surface area contributed by atoms with Gasteiger partial charge >= 0.3 is 0 Å². The summed E-state index contributed by atoms with van der Waals surface area (Å²) >= 11 is 0. The molecule has 2 aliphatic heterocycles. The molecule has 2 unspecified atom stereocenters. The van der Waals surface area contributed by atoms with Gasteiger partial charge in [-0.3, -0.25) is 4.99 Å². The molecular weight excluding hydrogens is 376 g/mol. The van der Waals surface area contributed by atoms with E-state index in [1.807, 2.05) is 6.07 Å². The van der Waals surface area contributed by atoms with E-state index in [0.29, 0.717) is 19.0 Å². The number of likely N-dealkylation sites (tertiary alicyclic amines) is 1. The Balaban J connectivity index is 1.41. The van der Waals surface area contributed by atoms with Crippen molar-refractivity contribution in [3.05, 3.63) is 35.9 Å². The average molecular weight is 409 g/mol. The van der Waals surface area contributed by atoms with Crippen LogP contribution in [-0.2, 0) is 14.8 Å². The summed E-state index contributed by atoms with van der Waals surface area (Å²) in [4.78, 5) is 6.54. The standard InChI is InChI=1S/C20H32N4O3S/c1-21-20(24-12-10-18(16-24)17-7-3-2-4-8-17)22-11-14-28(25,26)23-15-19-9-5-6-13-27-19/h2-4,7-8,18-19,23H,5-6,9-16H2,1H3,(H,21,22). The van der Waals surface area contributed by atoms with Gasteiger partial charge in [0.25, 0.3) is 0 Å². The van der Waals surface area contributed by atoms with E-state index in [-0.39, 0.29) is 11.9 Å². The number of nitrogens with one attached hydrogen (secondary N) is 2. The zero-order chi connectivity index (χ0) is 19.8. The highest BCUT2D eigenvalue weighted by atomic mass is 32.2. The Morgan fingerprint density at radius 3 is 2.79 bits per heavy atom. The van der Waals surface area contributed by atoms with Crippen molar-refractivity contribution in [1.29, 1.82) is 0 Å². The fourth-order valence-corrected chi connectivity index (χ4v) is 4.79. The molecule has 2 fully saturated rings. The number of hydrogen-bond acceptors (Lipinski definition) is 4. The van der Waals surface area contributed by atoms with Gasteiger partial charge in [0.1, 0.15) is 0 Å². The molecule has 0 aromatic heterocycles. The molecule has 156 valence electrons. The molecule has 8 heteroatoms. The molecule has 7 nitrogen and oxygen atoms in total. The van der Waals surface area contributed by atoms with Crippen molar-refractivity contribution < 1.29 is 13.2 Å². The number of rotatable bonds is 7. The lowest BCUT2D eigenvalue weighted by molar-refractivity contribution is 0.0200. The molecule has 0 radical (unpaired) electrons. The Kier molecular flexibility index (Phi) is 7.70. The predicted molar refractivity (Wildman–Crippen MR) is 112 cm³/mol. The van der Waals surface area contributed by atoms with Crippen molar-refractivity contribution in [3.63, 3.8) is 0 Å². The molecule has 2 saturated heterocycles. The number of nitrogens with zero attached hydrogens (tertiary/aromatic N) is 2. The lowest BCUT2D eigenvalue weighted by Crippen LogP contribution is -2.43. The first-order chi connectivity index (χ1) is 13.6. The minimum Gasteiger partial charge on any atom is -0.377 e. The molecule has 2 heterocycles. The molecule has 1 aromatic rings. The van der Waals surface area contributed by atoms with Gasteiger partial charge < -0.3 is 15.0 Å². The predicted octanol–water partition coefficient (Wildman–Crippen LogP) is 1.54. The third-order valence-corrected chi connectivity index (χ3v) is 6.78. The van der Waals surface area contributed by atoms with Crippen molar-refractivity contribution in [1.82, 2.24) is 14.9 Å². The highest BCUT2D eigenvalue weighted by molar-refractivity contribution is 7.89. The van der Waals surface area contributed by atoms with Crippen LogP contribution in [0.5, 0.6) is 0 Å². The van der Waals surface area contributed by atoms with Crippen LogP contribution >= 0.6 is 0 Å². The van der Waals surface area contributed by atoms with Crippen molar-refractivity contribution in [2.45, 2.75) is 37.7 Å². The van der Waals surface area contributed by atoms with Crippen LogP contribution in [0.3, 0.4) is 0 Å². The maximum absolute atomic E-state index is 12.2. The van der Waals surface area contributed by atoms with Crippen molar-refractivity contribution >= 4 is 16.0 Å². The second-order valence-corrected chi connectivity index (χ2v) is 9.40. The maximum Gasteiger partial charge on any atom is 0.213 e. The van der Waals surface area contributed by atoms with Gasteiger partial charge in [-0.1, -0.05) is 30.3 Å². The average Bonchev–Trinajstić information content (AvgIpc) is 3.21. The first kappa shape index (κ1) is 21.1. The number of sulfonamides is 1. The molecule has 0 aliphatic carbocycles. The van der Waals surface area contributed by atoms with Crippen LogP contribution in [0.2, 0.25) is 0 Å². The van der Waals surface area contributed by atoms with Crippen molar-refractivity contribution in [2.24, 2.45) is 4.99 Å². The van der Waals surface area contributed by atoms with Crippen LogP contribution in [-0.4, -0.2) is 71.0 Å². The number of benzene rings is 1. The highest BCUT2D eigenvalue weighted by Gasteiger charge is 2.26. The Morgan fingerprint density at radius 2 is 2.07 bits per heavy atom. The fraction of sp³-hybridized carbons (Fsp3) is 0.650. The van der Waals surface area contributed by atoms with Crippen LogP contribution in [0.25, 0.3) is 0 Å². The van der Waals surface area contributed by atoms with Gasteiger partial charge in [-0.15, -0.1) is 0 Å². The molecule has 3 rings (SSSR count). The smallest absolute Gasteiger partial charge is 0.213 e. The van der Waals surface area contributed by atoms with E-state index in [9.17, 15) is 8.42 Å². The molecule has 0 saturated carbocycles. The second-order valence-electron chi connectivity index (χ2n) is 7.47. The normalized spacial score (nSPS) is 23.8. The summed E-state index contributed by atoms with van der Waals surface area (Å²) in [6.45, 7) is 3.24. The van der Waals surface area contributed by atoms with E-state index >= 15 is 0 Å². The van der Waals surface area contributed by atoms with E-state index in [0.717, 1.165) is 51.3 Å². The summed E-state index contributed by atoms with van der Waals surface area (Å²) in [5.41, 5.74) is 1.34. The van der Waals surface area contributed by atoms with Gasteiger partial charge in [0.15, 0.2) is 5.96 Å². The van der Waals surface area contributed by atoms with Crippen molar-refractivity contribution in [2.75, 3.05) is 45.6 Å². The molecule has 2 atom stereocenters. The monoisotopic (exact) mass is 408 g/mol. The third kappa shape index (κ3) is 6.18. The zero-order valence-electron chi connectivity index (χ0n) is 16.6. The summed E-state index contributed by atoms with van der Waals surface area (Å²) in [7, 11) is -1.59. The van der Waals surface area contributed by atoms with E-state index in [1.165, 1.54) is 5.56 Å². The lowest BCUT2D eigenvalue weighted by Gasteiger charge is -2.23. The third-order valence-electron chi connectivity index (χ3n) is 5.43. The molecule has 28 heavy (non-hydrogen) atoms. The first-order valence-electron chi connectivity index (χ1n) is 10.2. The summed E-state index contributed by atoms with van der Waals surface area (Å²) in [5, 5.41) is 3.20. The zero-order valence-corrected chi connectivity index (χ0v) is 17.5. The number of aliphatic imine (C=N–C) groups is 1. The number of hydrogen-bond donors (Lipinski definition) is 2. The Hall–Kier alpha value is -1.64. The summed E-state index contributed by atoms with van der Waals surface area (Å²) in [6.07, 6.45) is 4.17. The fourth-order valence-electron chi connectivity index (χ4n) is 3.84. The van der Waals surface area contributed by atoms with Crippen molar-refractivity contribution in [3.8, 4) is 0 Å². The summed E-state index contributed by atoms with van der Waals surface area (Å²) in [5.74, 6) is 1.28. The van der Waals surface area contributed by atoms with Crippen LogP contribution < -0.4 is 10.0 Å². The van der Waals surface area contributed by atoms with Gasteiger partial charge in [0, 0.05) is 45.8 Å². The molecule has 2 aliphatic rings. The van der Waals surface area contributed by atoms with E-state index in [4.69, 9.17) is 4.74 Å². The van der Waals surface area contributed by atoms with Gasteiger partial charge in [0.05, 0.1) is 11.9 Å². The van der Waals surface area contributed by atoms with Gasteiger partial charge in [-0.05, 0) is 31.2 Å². The first-order valence-corrected chi connectivity index (χ1v) is 11.8. The Labute approximate surface area is 168 Å². The minimum absolute atomic E-state index is 0.00349. The Morgan fingerprint density at radius 1 is 1.25 bits per heavy atom. The van der Waals surface area contributed by atoms with Crippen LogP contribution in [0.4, 0.5) is 0 Å². The molecule has 0 bridgehead atoms. The molecular formula is C20H32N4O3S. The number of guanidine groups is 1. The minimum atomic E-state index is -3.33. The van der Waals surface area contributed by atoms with Gasteiger partial charge in [0.2, 0.25) is 10.0 Å². The quantitative estimate of drug-likeness (QED) is 0.528. The highest BCUT2D eigenvalue weighted by Crippen LogP contribution is 2.26. The van der Waals surface area contributed by atoms with Crippen LogP contribution in [0, 0.1) is 0 Å². The molecule has 0 spiro atoms. The summed E-state index contributed by atoms with van der Waals surface area (Å²) in [6, 6.07) is 10.5. The Bertz CT molecular complexity index is 733. The molecule has 0 amide bonds. The number of ether oxygens (including phenoxy) is 1. The summed E-state index contributed by atoms with van der Waals surface area (Å²) < 4.78 is 32.7. The molecule has 2 N–H and O–H groups in total. The van der Waals surface area contributed by atoms with Gasteiger partial charge in [-0.2, -0.15) is 0 Å². The SMILES string of the molecule is CN=C(NCCS(=O)(=O)NCC1CCCCO1)N1CCC(c2ccccc2)C1.